The maximum atomic E-state index is 12.1. The topological polar surface area (TPSA) is 100 Å². The molecular weight excluding hydrogens is 388 g/mol. The zero-order chi connectivity index (χ0) is 19.7. The second-order valence-corrected chi connectivity index (χ2v) is 9.02. The molecule has 8 nitrogen and oxygen atoms in total. The zero-order valence-corrected chi connectivity index (χ0v) is 17.4. The number of hydrogen-bond donors (Lipinski definition) is 2. The normalized spacial score (nSPS) is 16.4. The van der Waals surface area contributed by atoms with Crippen LogP contribution in [0.15, 0.2) is 26.7 Å². The fourth-order valence-corrected chi connectivity index (χ4v) is 4.90. The summed E-state index contributed by atoms with van der Waals surface area (Å²) in [6.45, 7) is 6.93. The summed E-state index contributed by atoms with van der Waals surface area (Å²) >= 11 is 1.19. The summed E-state index contributed by atoms with van der Waals surface area (Å²) in [6, 6.07) is 3.29. The first-order valence-electron chi connectivity index (χ1n) is 9.21. The molecule has 2 heterocycles. The summed E-state index contributed by atoms with van der Waals surface area (Å²) in [4.78, 5) is 18.5. The average molecular weight is 417 g/mol. The number of aliphatic imine (C=N–C) groups is 1. The van der Waals surface area contributed by atoms with Gasteiger partial charge in [0.2, 0.25) is 10.0 Å². The van der Waals surface area contributed by atoms with E-state index in [4.69, 9.17) is 4.74 Å². The number of thiophene rings is 1. The third-order valence-electron chi connectivity index (χ3n) is 4.17. The number of sulfonamides is 1. The largest absolute Gasteiger partial charge is 0.466 e. The Kier molecular flexibility index (Phi) is 8.52. The minimum absolute atomic E-state index is 0.0540. The van der Waals surface area contributed by atoms with Crippen LogP contribution in [0.4, 0.5) is 0 Å². The number of carbonyl (C=O) groups excluding carboxylic acids is 1. The number of carbonyl (C=O) groups is 1. The molecule has 0 spiro atoms. The van der Waals surface area contributed by atoms with Crippen molar-refractivity contribution in [1.29, 1.82) is 0 Å². The second-order valence-electron chi connectivity index (χ2n) is 6.08. The molecule has 0 bridgehead atoms. The minimum Gasteiger partial charge on any atom is -0.466 e. The molecule has 0 amide bonds. The SMILES string of the molecule is CCNC(=NCCNS(=O)(=O)c1cccs1)N1CCC(C(=O)OCC)CC1. The number of esters is 1. The van der Waals surface area contributed by atoms with Crippen molar-refractivity contribution in [3.8, 4) is 0 Å². The van der Waals surface area contributed by atoms with Crippen LogP contribution in [0.25, 0.3) is 0 Å². The van der Waals surface area contributed by atoms with E-state index in [1.165, 1.54) is 11.3 Å². The van der Waals surface area contributed by atoms with Gasteiger partial charge in [0.05, 0.1) is 19.1 Å². The molecule has 0 radical (unpaired) electrons. The molecule has 1 aromatic heterocycles. The Morgan fingerprint density at radius 1 is 1.37 bits per heavy atom. The number of rotatable bonds is 8. The molecule has 10 heteroatoms. The Morgan fingerprint density at radius 2 is 2.11 bits per heavy atom. The summed E-state index contributed by atoms with van der Waals surface area (Å²) in [7, 11) is -3.46. The van der Waals surface area contributed by atoms with Crippen molar-refractivity contribution in [1.82, 2.24) is 14.9 Å². The quantitative estimate of drug-likeness (QED) is 0.286. The summed E-state index contributed by atoms with van der Waals surface area (Å²) < 4.78 is 32.2. The third-order valence-corrected chi connectivity index (χ3v) is 7.03. The highest BCUT2D eigenvalue weighted by atomic mass is 32.2. The standard InChI is InChI=1S/C17H28N4O4S2/c1-3-18-17(21-11-7-14(8-12-21)16(22)25-4-2)19-9-10-20-27(23,24)15-6-5-13-26-15/h5-6,13-14,20H,3-4,7-12H2,1-2H3,(H,18,19). The van der Waals surface area contributed by atoms with Crippen molar-refractivity contribution in [2.24, 2.45) is 10.9 Å². The van der Waals surface area contributed by atoms with Gasteiger partial charge in [0.1, 0.15) is 4.21 Å². The van der Waals surface area contributed by atoms with Gasteiger partial charge in [0.15, 0.2) is 5.96 Å². The predicted molar refractivity (Wildman–Crippen MR) is 106 cm³/mol. The number of nitrogens with zero attached hydrogens (tertiary/aromatic N) is 2. The molecule has 0 atom stereocenters. The van der Waals surface area contributed by atoms with Crippen LogP contribution in [0.5, 0.6) is 0 Å². The van der Waals surface area contributed by atoms with E-state index >= 15 is 0 Å². The van der Waals surface area contributed by atoms with Crippen LogP contribution in [0.3, 0.4) is 0 Å². The molecule has 1 fully saturated rings. The second kappa shape index (κ2) is 10.6. The highest BCUT2D eigenvalue weighted by Crippen LogP contribution is 2.19. The Balaban J connectivity index is 1.85. The van der Waals surface area contributed by atoms with Gasteiger partial charge in [-0.05, 0) is 38.1 Å². The molecule has 0 saturated carbocycles. The van der Waals surface area contributed by atoms with E-state index in [9.17, 15) is 13.2 Å². The number of nitrogens with one attached hydrogen (secondary N) is 2. The Morgan fingerprint density at radius 3 is 2.70 bits per heavy atom. The number of likely N-dealkylation sites (tertiary alicyclic amines) is 1. The van der Waals surface area contributed by atoms with E-state index in [0.29, 0.717) is 17.4 Å². The lowest BCUT2D eigenvalue weighted by atomic mass is 9.97. The molecule has 1 aliphatic rings. The number of piperidine rings is 1. The summed E-state index contributed by atoms with van der Waals surface area (Å²) in [6.07, 6.45) is 1.46. The highest BCUT2D eigenvalue weighted by Gasteiger charge is 2.27. The predicted octanol–water partition coefficient (Wildman–Crippen LogP) is 1.27. The highest BCUT2D eigenvalue weighted by molar-refractivity contribution is 7.91. The third kappa shape index (κ3) is 6.47. The van der Waals surface area contributed by atoms with Crippen molar-refractivity contribution in [2.45, 2.75) is 30.9 Å². The van der Waals surface area contributed by atoms with Crippen molar-refractivity contribution in [3.63, 3.8) is 0 Å². The van der Waals surface area contributed by atoms with E-state index in [0.717, 1.165) is 38.4 Å². The lowest BCUT2D eigenvalue weighted by molar-refractivity contribution is -0.149. The lowest BCUT2D eigenvalue weighted by Gasteiger charge is -2.33. The molecule has 2 rings (SSSR count). The van der Waals surface area contributed by atoms with Gasteiger partial charge in [0.25, 0.3) is 0 Å². The first-order chi connectivity index (χ1) is 13.0. The monoisotopic (exact) mass is 416 g/mol. The van der Waals surface area contributed by atoms with Gasteiger partial charge in [-0.25, -0.2) is 13.1 Å². The van der Waals surface area contributed by atoms with Crippen LogP contribution in [-0.2, 0) is 19.6 Å². The number of guanidine groups is 1. The van der Waals surface area contributed by atoms with E-state index < -0.39 is 10.0 Å². The van der Waals surface area contributed by atoms with E-state index in [1.54, 1.807) is 17.5 Å². The maximum Gasteiger partial charge on any atom is 0.309 e. The van der Waals surface area contributed by atoms with Crippen molar-refractivity contribution in [3.05, 3.63) is 17.5 Å². The van der Waals surface area contributed by atoms with Crippen molar-refractivity contribution < 1.29 is 17.9 Å². The van der Waals surface area contributed by atoms with E-state index in [2.05, 4.69) is 19.9 Å². The van der Waals surface area contributed by atoms with Gasteiger partial charge in [-0.2, -0.15) is 0 Å². The number of ether oxygens (including phenoxy) is 1. The van der Waals surface area contributed by atoms with Crippen LogP contribution in [0, 0.1) is 5.92 Å². The molecule has 152 valence electrons. The van der Waals surface area contributed by atoms with Gasteiger partial charge < -0.3 is 15.0 Å². The molecule has 0 aliphatic carbocycles. The molecule has 0 unspecified atom stereocenters. The Bertz CT molecular complexity index is 711. The van der Waals surface area contributed by atoms with E-state index in [1.807, 2.05) is 13.8 Å². The van der Waals surface area contributed by atoms with Crippen molar-refractivity contribution in [2.75, 3.05) is 39.3 Å². The van der Waals surface area contributed by atoms with Crippen LogP contribution in [-0.4, -0.2) is 64.6 Å². The van der Waals surface area contributed by atoms with Crippen LogP contribution < -0.4 is 10.0 Å². The minimum atomic E-state index is -3.46. The first-order valence-corrected chi connectivity index (χ1v) is 11.6. The Labute approximate surface area is 165 Å². The first kappa shape index (κ1) is 21.6. The van der Waals surface area contributed by atoms with Gasteiger partial charge in [-0.15, -0.1) is 11.3 Å². The maximum absolute atomic E-state index is 12.1. The summed E-state index contributed by atoms with van der Waals surface area (Å²) in [5.41, 5.74) is 0. The smallest absolute Gasteiger partial charge is 0.309 e. The zero-order valence-electron chi connectivity index (χ0n) is 15.8. The molecule has 1 saturated heterocycles. The molecule has 0 aromatic carbocycles. The van der Waals surface area contributed by atoms with Crippen LogP contribution >= 0.6 is 11.3 Å². The number of hydrogen-bond acceptors (Lipinski definition) is 6. The molecule has 27 heavy (non-hydrogen) atoms. The lowest BCUT2D eigenvalue weighted by Crippen LogP contribution is -2.47. The van der Waals surface area contributed by atoms with E-state index in [-0.39, 0.29) is 18.4 Å². The van der Waals surface area contributed by atoms with Gasteiger partial charge in [-0.1, -0.05) is 6.07 Å². The summed E-state index contributed by atoms with van der Waals surface area (Å²) in [5.74, 6) is 0.568. The molecule has 2 N–H and O–H groups in total. The van der Waals surface area contributed by atoms with Gasteiger partial charge >= 0.3 is 5.97 Å². The fraction of sp³-hybridized carbons (Fsp3) is 0.647. The van der Waals surface area contributed by atoms with Crippen LogP contribution in [0.1, 0.15) is 26.7 Å². The van der Waals surface area contributed by atoms with Gasteiger partial charge in [-0.3, -0.25) is 9.79 Å². The Hall–Kier alpha value is -1.65. The fourth-order valence-electron chi connectivity index (χ4n) is 2.84. The molecule has 1 aromatic rings. The van der Waals surface area contributed by atoms with Crippen LogP contribution in [0.2, 0.25) is 0 Å². The van der Waals surface area contributed by atoms with Gasteiger partial charge in [0, 0.05) is 26.2 Å². The van der Waals surface area contributed by atoms with Crippen molar-refractivity contribution >= 4 is 33.3 Å². The average Bonchev–Trinajstić information content (AvgIpc) is 3.20. The summed E-state index contributed by atoms with van der Waals surface area (Å²) in [5, 5.41) is 4.96. The molecule has 1 aliphatic heterocycles. The molecular formula is C17H28N4O4S2.